The van der Waals surface area contributed by atoms with Gasteiger partial charge in [0, 0.05) is 6.04 Å². The van der Waals surface area contributed by atoms with Crippen LogP contribution in [0, 0.1) is 5.82 Å². The molecule has 0 unspecified atom stereocenters. The maximum Gasteiger partial charge on any atom is 0.125 e. The van der Waals surface area contributed by atoms with Gasteiger partial charge in [0.25, 0.3) is 0 Å². The monoisotopic (exact) mass is 311 g/mol. The lowest BCUT2D eigenvalue weighted by molar-refractivity contribution is 0.480. The van der Waals surface area contributed by atoms with Crippen molar-refractivity contribution in [2.75, 3.05) is 5.32 Å². The number of rotatable bonds is 2. The predicted molar refractivity (Wildman–Crippen MR) is 89.6 cm³/mol. The first-order chi connectivity index (χ1) is 10.3. The van der Waals surface area contributed by atoms with Crippen molar-refractivity contribution in [1.82, 2.24) is 0 Å². The number of halogens is 2. The van der Waals surface area contributed by atoms with Crippen molar-refractivity contribution in [3.8, 4) is 0 Å². The maximum atomic E-state index is 13.4. The largest absolute Gasteiger partial charge is 0.381 e. The number of hydrogen-bond acceptors (Lipinski definition) is 1. The van der Waals surface area contributed by atoms with E-state index in [-0.39, 0.29) is 5.82 Å². The van der Waals surface area contributed by atoms with Crippen molar-refractivity contribution in [2.24, 2.45) is 0 Å². The predicted octanol–water partition coefficient (Wildman–Crippen LogP) is 6.56. The molecule has 0 bridgehead atoms. The Morgan fingerprint density at radius 2 is 1.38 bits per heavy atom. The molecule has 0 radical (unpaired) electrons. The zero-order valence-electron chi connectivity index (χ0n) is 12.8. The third-order valence-electron chi connectivity index (χ3n) is 4.39. The molecule has 0 amide bonds. The molecule has 1 nitrogen and oxygen atoms in total. The molecule has 1 aliphatic carbocycles. The number of nitrogens with one attached hydrogen (secondary N) is 1. The summed E-state index contributed by atoms with van der Waals surface area (Å²) in [5.41, 5.74) is 0.744. The first-order valence-corrected chi connectivity index (χ1v) is 8.85. The summed E-state index contributed by atoms with van der Waals surface area (Å²) in [5, 5.41) is 4.08. The summed E-state index contributed by atoms with van der Waals surface area (Å²) in [4.78, 5) is 0. The molecular weight excluding hydrogens is 285 g/mol. The number of anilines is 1. The zero-order valence-corrected chi connectivity index (χ0v) is 13.6. The highest BCUT2D eigenvalue weighted by atomic mass is 35.5. The Labute approximate surface area is 133 Å². The van der Waals surface area contributed by atoms with E-state index in [1.807, 2.05) is 0 Å². The van der Waals surface area contributed by atoms with E-state index < -0.39 is 0 Å². The van der Waals surface area contributed by atoms with Gasteiger partial charge in [-0.1, -0.05) is 69.4 Å². The van der Waals surface area contributed by atoms with Gasteiger partial charge >= 0.3 is 0 Å². The van der Waals surface area contributed by atoms with Crippen LogP contribution in [0.25, 0.3) is 0 Å². The third-order valence-corrected chi connectivity index (χ3v) is 4.72. The second kappa shape index (κ2) is 9.30. The van der Waals surface area contributed by atoms with Crippen LogP contribution in [0.4, 0.5) is 10.1 Å². The average Bonchev–Trinajstić information content (AvgIpc) is 2.45. The summed E-state index contributed by atoms with van der Waals surface area (Å²) in [7, 11) is 0. The quantitative estimate of drug-likeness (QED) is 0.651. The van der Waals surface area contributed by atoms with Crippen LogP contribution in [0.5, 0.6) is 0 Å². The Morgan fingerprint density at radius 1 is 0.857 bits per heavy atom. The van der Waals surface area contributed by atoms with Gasteiger partial charge in [-0.25, -0.2) is 4.39 Å². The highest BCUT2D eigenvalue weighted by Crippen LogP contribution is 2.26. The number of hydrogen-bond donors (Lipinski definition) is 1. The van der Waals surface area contributed by atoms with E-state index in [4.69, 9.17) is 11.6 Å². The Balaban J connectivity index is 1.92. The first-order valence-electron chi connectivity index (χ1n) is 8.47. The second-order valence-electron chi connectivity index (χ2n) is 6.22. The van der Waals surface area contributed by atoms with Gasteiger partial charge < -0.3 is 5.32 Å². The summed E-state index contributed by atoms with van der Waals surface area (Å²) >= 11 is 6.17. The van der Waals surface area contributed by atoms with E-state index >= 15 is 0 Å². The molecule has 21 heavy (non-hydrogen) atoms. The fourth-order valence-electron chi connectivity index (χ4n) is 3.14. The fraction of sp³-hybridized carbons (Fsp3) is 0.667. The molecule has 1 aliphatic rings. The summed E-state index contributed by atoms with van der Waals surface area (Å²) in [6.07, 6.45) is 14.3. The molecule has 0 heterocycles. The van der Waals surface area contributed by atoms with Crippen molar-refractivity contribution in [2.45, 2.75) is 76.7 Å². The summed E-state index contributed by atoms with van der Waals surface area (Å²) in [6, 6.07) is 4.98. The van der Waals surface area contributed by atoms with Gasteiger partial charge in [0.2, 0.25) is 0 Å². The van der Waals surface area contributed by atoms with Gasteiger partial charge in [0.15, 0.2) is 0 Å². The molecule has 118 valence electrons. The summed E-state index contributed by atoms with van der Waals surface area (Å²) < 4.78 is 13.4. The third kappa shape index (κ3) is 6.25. The molecule has 3 heteroatoms. The standard InChI is InChI=1S/C18H27ClFN/c19-17-13-12-15(20)14-18(17)21-16-10-8-6-4-2-1-3-5-7-9-11-16/h12-14,16,21H,1-11H2. The van der Waals surface area contributed by atoms with Crippen molar-refractivity contribution in [3.63, 3.8) is 0 Å². The molecule has 0 aromatic heterocycles. The molecule has 1 fully saturated rings. The molecule has 1 aromatic carbocycles. The minimum absolute atomic E-state index is 0.227. The Morgan fingerprint density at radius 3 is 1.95 bits per heavy atom. The van der Waals surface area contributed by atoms with Gasteiger partial charge in [0.1, 0.15) is 5.82 Å². The molecular formula is C18H27ClFN. The van der Waals surface area contributed by atoms with Crippen LogP contribution in [0.15, 0.2) is 18.2 Å². The number of benzene rings is 1. The highest BCUT2D eigenvalue weighted by Gasteiger charge is 2.11. The van der Waals surface area contributed by atoms with E-state index in [9.17, 15) is 4.39 Å². The smallest absolute Gasteiger partial charge is 0.125 e. The minimum Gasteiger partial charge on any atom is -0.381 e. The SMILES string of the molecule is Fc1ccc(Cl)c(NC2CCCCCCCCCCC2)c1. The van der Waals surface area contributed by atoms with Crippen molar-refractivity contribution in [1.29, 1.82) is 0 Å². The van der Waals surface area contributed by atoms with Crippen LogP contribution < -0.4 is 5.32 Å². The minimum atomic E-state index is -0.227. The molecule has 0 atom stereocenters. The Kier molecular flexibility index (Phi) is 7.35. The molecule has 1 saturated carbocycles. The second-order valence-corrected chi connectivity index (χ2v) is 6.63. The highest BCUT2D eigenvalue weighted by molar-refractivity contribution is 6.33. The van der Waals surface area contributed by atoms with E-state index in [1.54, 1.807) is 6.07 Å². The van der Waals surface area contributed by atoms with Gasteiger partial charge in [-0.3, -0.25) is 0 Å². The van der Waals surface area contributed by atoms with Crippen LogP contribution in [-0.2, 0) is 0 Å². The molecule has 0 spiro atoms. The topological polar surface area (TPSA) is 12.0 Å². The molecule has 1 N–H and O–H groups in total. The van der Waals surface area contributed by atoms with Gasteiger partial charge in [-0.2, -0.15) is 0 Å². The Hall–Kier alpha value is -0.760. The summed E-state index contributed by atoms with van der Waals surface area (Å²) in [6.45, 7) is 0. The molecule has 0 saturated heterocycles. The fourth-order valence-corrected chi connectivity index (χ4v) is 3.31. The summed E-state index contributed by atoms with van der Waals surface area (Å²) in [5.74, 6) is -0.227. The van der Waals surface area contributed by atoms with Crippen LogP contribution in [0.2, 0.25) is 5.02 Å². The van der Waals surface area contributed by atoms with Crippen molar-refractivity contribution < 1.29 is 4.39 Å². The van der Waals surface area contributed by atoms with E-state index in [1.165, 1.54) is 69.9 Å². The van der Waals surface area contributed by atoms with Crippen molar-refractivity contribution >= 4 is 17.3 Å². The molecule has 2 rings (SSSR count). The van der Waals surface area contributed by atoms with E-state index in [0.717, 1.165) is 18.5 Å². The van der Waals surface area contributed by atoms with E-state index in [2.05, 4.69) is 5.32 Å². The molecule has 0 aliphatic heterocycles. The normalized spacial score (nSPS) is 19.5. The molecule has 1 aromatic rings. The lowest BCUT2D eigenvalue weighted by Crippen LogP contribution is -2.20. The first kappa shape index (κ1) is 16.6. The average molecular weight is 312 g/mol. The Bertz CT molecular complexity index is 410. The van der Waals surface area contributed by atoms with Crippen molar-refractivity contribution in [3.05, 3.63) is 29.0 Å². The van der Waals surface area contributed by atoms with Gasteiger partial charge in [-0.15, -0.1) is 0 Å². The van der Waals surface area contributed by atoms with Crippen LogP contribution >= 0.6 is 11.6 Å². The van der Waals surface area contributed by atoms with Gasteiger partial charge in [0.05, 0.1) is 10.7 Å². The van der Waals surface area contributed by atoms with Gasteiger partial charge in [-0.05, 0) is 31.0 Å². The lowest BCUT2D eigenvalue weighted by Gasteiger charge is -2.21. The van der Waals surface area contributed by atoms with E-state index in [0.29, 0.717) is 11.1 Å². The van der Waals surface area contributed by atoms with Crippen LogP contribution in [-0.4, -0.2) is 6.04 Å². The zero-order chi connectivity index (χ0) is 14.9. The lowest BCUT2D eigenvalue weighted by atomic mass is 9.98. The van der Waals surface area contributed by atoms with Crippen LogP contribution in [0.3, 0.4) is 0 Å². The van der Waals surface area contributed by atoms with Crippen LogP contribution in [0.1, 0.15) is 70.6 Å². The maximum absolute atomic E-state index is 13.4.